The summed E-state index contributed by atoms with van der Waals surface area (Å²) < 4.78 is 0. The summed E-state index contributed by atoms with van der Waals surface area (Å²) >= 11 is 1.46. The molecule has 1 saturated heterocycles. The quantitative estimate of drug-likeness (QED) is 0.637. The van der Waals surface area contributed by atoms with E-state index in [1.54, 1.807) is 0 Å². The zero-order chi connectivity index (χ0) is 18.3. The molecule has 0 aliphatic carbocycles. The van der Waals surface area contributed by atoms with Crippen molar-refractivity contribution in [3.63, 3.8) is 0 Å². The van der Waals surface area contributed by atoms with Crippen molar-refractivity contribution in [1.29, 1.82) is 0 Å². The van der Waals surface area contributed by atoms with Gasteiger partial charge in [0.05, 0.1) is 5.69 Å². The van der Waals surface area contributed by atoms with E-state index in [1.807, 2.05) is 49.1 Å². The van der Waals surface area contributed by atoms with Crippen molar-refractivity contribution in [1.82, 2.24) is 9.88 Å². The number of carbonyl (C=O) groups excluding carboxylic acids is 2. The van der Waals surface area contributed by atoms with Crippen LogP contribution in [0.15, 0.2) is 30.3 Å². The van der Waals surface area contributed by atoms with Crippen molar-refractivity contribution in [3.8, 4) is 10.6 Å². The molecule has 26 heavy (non-hydrogen) atoms. The Bertz CT molecular complexity index is 1020. The van der Waals surface area contributed by atoms with Crippen LogP contribution in [-0.4, -0.2) is 35.2 Å². The number of aryl methyl sites for hydroxylation is 2. The number of likely N-dealkylation sites (tertiary alicyclic amines) is 1. The Morgan fingerprint density at radius 1 is 1.15 bits per heavy atom. The van der Waals surface area contributed by atoms with Crippen LogP contribution in [0.1, 0.15) is 44.1 Å². The van der Waals surface area contributed by atoms with Gasteiger partial charge < -0.3 is 4.90 Å². The molecule has 0 bridgehead atoms. The Labute approximate surface area is 156 Å². The van der Waals surface area contributed by atoms with Crippen molar-refractivity contribution < 1.29 is 9.59 Å². The molecule has 1 fully saturated rings. The second-order valence-electron chi connectivity index (χ2n) is 6.78. The molecule has 4 rings (SSSR count). The predicted octanol–water partition coefficient (Wildman–Crippen LogP) is 4.63. The van der Waals surface area contributed by atoms with E-state index in [2.05, 4.69) is 4.98 Å². The molecular formula is C21H20N2O2S. The first-order chi connectivity index (χ1) is 12.6. The molecule has 132 valence electrons. The van der Waals surface area contributed by atoms with E-state index in [0.717, 1.165) is 75.3 Å². The van der Waals surface area contributed by atoms with Crippen molar-refractivity contribution >= 4 is 34.3 Å². The standard InChI is InChI=1S/C21H20N2O2S/c1-13-5-6-15-11-16(7-8-17(15)18(13)12-24)20-22-14(2)19(26-20)21(25)23-9-3-4-10-23/h5-8,11-12H,3-4,9-10H2,1-2H3. The van der Waals surface area contributed by atoms with Crippen LogP contribution in [0.25, 0.3) is 21.3 Å². The molecule has 0 atom stereocenters. The Morgan fingerprint density at radius 3 is 2.65 bits per heavy atom. The summed E-state index contributed by atoms with van der Waals surface area (Å²) in [6, 6.07) is 9.99. The maximum atomic E-state index is 12.7. The number of thiazole rings is 1. The van der Waals surface area contributed by atoms with Gasteiger partial charge in [0, 0.05) is 24.2 Å². The van der Waals surface area contributed by atoms with Crippen LogP contribution in [0.3, 0.4) is 0 Å². The summed E-state index contributed by atoms with van der Waals surface area (Å²) in [4.78, 5) is 31.4. The van der Waals surface area contributed by atoms with Gasteiger partial charge in [0.1, 0.15) is 9.88 Å². The molecule has 0 N–H and O–H groups in total. The summed E-state index contributed by atoms with van der Waals surface area (Å²) in [7, 11) is 0. The highest BCUT2D eigenvalue weighted by atomic mass is 32.1. The summed E-state index contributed by atoms with van der Waals surface area (Å²) in [5.41, 5.74) is 3.48. The van der Waals surface area contributed by atoms with Gasteiger partial charge in [-0.15, -0.1) is 11.3 Å². The van der Waals surface area contributed by atoms with Crippen LogP contribution in [0.2, 0.25) is 0 Å². The average molecular weight is 364 g/mol. The molecule has 1 amide bonds. The van der Waals surface area contributed by atoms with Gasteiger partial charge in [0.2, 0.25) is 0 Å². The normalized spacial score (nSPS) is 14.2. The van der Waals surface area contributed by atoms with Gasteiger partial charge in [0.15, 0.2) is 6.29 Å². The third-order valence-electron chi connectivity index (χ3n) is 5.03. The Kier molecular flexibility index (Phi) is 4.32. The lowest BCUT2D eigenvalue weighted by Gasteiger charge is -2.13. The van der Waals surface area contributed by atoms with E-state index < -0.39 is 0 Å². The molecule has 5 heteroatoms. The maximum absolute atomic E-state index is 12.7. The molecule has 1 aromatic heterocycles. The van der Waals surface area contributed by atoms with Crippen molar-refractivity contribution in [2.24, 2.45) is 0 Å². The second kappa shape index (κ2) is 6.65. The highest BCUT2D eigenvalue weighted by Crippen LogP contribution is 2.32. The lowest BCUT2D eigenvalue weighted by molar-refractivity contribution is 0.0796. The number of nitrogens with zero attached hydrogens (tertiary/aromatic N) is 2. The number of fused-ring (bicyclic) bond motifs is 1. The van der Waals surface area contributed by atoms with E-state index in [4.69, 9.17) is 0 Å². The maximum Gasteiger partial charge on any atom is 0.265 e. The lowest BCUT2D eigenvalue weighted by Crippen LogP contribution is -2.27. The number of benzene rings is 2. The van der Waals surface area contributed by atoms with E-state index in [0.29, 0.717) is 0 Å². The zero-order valence-electron chi connectivity index (χ0n) is 14.9. The molecule has 0 unspecified atom stereocenters. The second-order valence-corrected chi connectivity index (χ2v) is 7.78. The molecular weight excluding hydrogens is 344 g/mol. The minimum Gasteiger partial charge on any atom is -0.338 e. The third-order valence-corrected chi connectivity index (χ3v) is 6.22. The van der Waals surface area contributed by atoms with Crippen molar-refractivity contribution in [3.05, 3.63) is 52.0 Å². The first-order valence-electron chi connectivity index (χ1n) is 8.84. The Hall–Kier alpha value is -2.53. The number of aromatic nitrogens is 1. The zero-order valence-corrected chi connectivity index (χ0v) is 15.7. The number of aldehydes is 1. The molecule has 4 nitrogen and oxygen atoms in total. The van der Waals surface area contributed by atoms with Crippen LogP contribution in [-0.2, 0) is 0 Å². The van der Waals surface area contributed by atoms with Crippen LogP contribution in [0.5, 0.6) is 0 Å². The number of carbonyl (C=O) groups is 2. The van der Waals surface area contributed by atoms with Crippen LogP contribution >= 0.6 is 11.3 Å². The number of hydrogen-bond donors (Lipinski definition) is 0. The van der Waals surface area contributed by atoms with Gasteiger partial charge in [-0.25, -0.2) is 4.98 Å². The van der Waals surface area contributed by atoms with Crippen molar-refractivity contribution in [2.45, 2.75) is 26.7 Å². The van der Waals surface area contributed by atoms with Crippen LogP contribution in [0, 0.1) is 13.8 Å². The number of hydrogen-bond acceptors (Lipinski definition) is 4. The minimum absolute atomic E-state index is 0.100. The molecule has 0 radical (unpaired) electrons. The van der Waals surface area contributed by atoms with Gasteiger partial charge in [-0.05, 0) is 49.1 Å². The smallest absolute Gasteiger partial charge is 0.265 e. The summed E-state index contributed by atoms with van der Waals surface area (Å²) in [6.45, 7) is 5.53. The van der Waals surface area contributed by atoms with Crippen LogP contribution in [0.4, 0.5) is 0 Å². The first-order valence-corrected chi connectivity index (χ1v) is 9.66. The number of amides is 1. The molecule has 1 aliphatic heterocycles. The van der Waals surface area contributed by atoms with E-state index in [-0.39, 0.29) is 5.91 Å². The van der Waals surface area contributed by atoms with Crippen LogP contribution < -0.4 is 0 Å². The SMILES string of the molecule is Cc1ccc2cc(-c3nc(C)c(C(=O)N4CCCC4)s3)ccc2c1C=O. The Morgan fingerprint density at radius 2 is 1.92 bits per heavy atom. The van der Waals surface area contributed by atoms with E-state index >= 15 is 0 Å². The summed E-state index contributed by atoms with van der Waals surface area (Å²) in [5.74, 6) is 0.100. The van der Waals surface area contributed by atoms with E-state index in [9.17, 15) is 9.59 Å². The van der Waals surface area contributed by atoms with E-state index in [1.165, 1.54) is 11.3 Å². The largest absolute Gasteiger partial charge is 0.338 e. The van der Waals surface area contributed by atoms with Gasteiger partial charge in [0.25, 0.3) is 5.91 Å². The summed E-state index contributed by atoms with van der Waals surface area (Å²) in [5, 5.41) is 2.81. The van der Waals surface area contributed by atoms with Crippen molar-refractivity contribution in [2.75, 3.05) is 13.1 Å². The monoisotopic (exact) mass is 364 g/mol. The van der Waals surface area contributed by atoms with Gasteiger partial charge in [-0.3, -0.25) is 9.59 Å². The fourth-order valence-corrected chi connectivity index (χ4v) is 4.56. The van der Waals surface area contributed by atoms with Gasteiger partial charge >= 0.3 is 0 Å². The molecule has 0 saturated carbocycles. The fourth-order valence-electron chi connectivity index (χ4n) is 3.53. The molecule has 2 heterocycles. The highest BCUT2D eigenvalue weighted by molar-refractivity contribution is 7.17. The van der Waals surface area contributed by atoms with Gasteiger partial charge in [-0.2, -0.15) is 0 Å². The lowest BCUT2D eigenvalue weighted by atomic mass is 9.99. The molecule has 3 aromatic rings. The Balaban J connectivity index is 1.74. The minimum atomic E-state index is 0.100. The molecule has 0 spiro atoms. The predicted molar refractivity (Wildman–Crippen MR) is 105 cm³/mol. The highest BCUT2D eigenvalue weighted by Gasteiger charge is 2.24. The molecule has 1 aliphatic rings. The fraction of sp³-hybridized carbons (Fsp3) is 0.286. The molecule has 2 aromatic carbocycles. The topological polar surface area (TPSA) is 50.3 Å². The number of rotatable bonds is 3. The summed E-state index contributed by atoms with van der Waals surface area (Å²) in [6.07, 6.45) is 3.08. The van der Waals surface area contributed by atoms with Gasteiger partial charge in [-0.1, -0.05) is 24.3 Å². The third kappa shape index (κ3) is 2.82. The first kappa shape index (κ1) is 16.9. The average Bonchev–Trinajstić information content (AvgIpc) is 3.30.